The van der Waals surface area contributed by atoms with Crippen molar-refractivity contribution in [3.8, 4) is 0 Å². The van der Waals surface area contributed by atoms with Crippen LogP contribution in [0.25, 0.3) is 5.57 Å². The monoisotopic (exact) mass is 198 g/mol. The molecule has 2 heteroatoms. The third kappa shape index (κ3) is 1.94. The molecule has 2 nitrogen and oxygen atoms in total. The standard InChI is InChI=1S/C13H14N2/c1-10-3-4-12(9-15(10)2)11-5-7-13(14)8-6-11/h3-9H,1,14H2,2H3. The zero-order valence-corrected chi connectivity index (χ0v) is 8.77. The molecule has 1 aromatic carbocycles. The number of likely N-dealkylation sites (N-methyl/N-ethyl adjacent to an activating group) is 1. The van der Waals surface area contributed by atoms with E-state index >= 15 is 0 Å². The summed E-state index contributed by atoms with van der Waals surface area (Å²) in [5, 5.41) is 0. The zero-order valence-electron chi connectivity index (χ0n) is 8.77. The third-order valence-electron chi connectivity index (χ3n) is 2.49. The van der Waals surface area contributed by atoms with Gasteiger partial charge in [0.05, 0.1) is 0 Å². The first-order valence-electron chi connectivity index (χ1n) is 4.84. The van der Waals surface area contributed by atoms with Gasteiger partial charge in [0.25, 0.3) is 0 Å². The number of allylic oxidation sites excluding steroid dienone is 3. The predicted octanol–water partition coefficient (Wildman–Crippen LogP) is 2.63. The van der Waals surface area contributed by atoms with Crippen LogP contribution in [-0.2, 0) is 0 Å². The van der Waals surface area contributed by atoms with E-state index in [0.717, 1.165) is 11.4 Å². The molecule has 0 aromatic heterocycles. The number of nitrogens with two attached hydrogens (primary N) is 1. The van der Waals surface area contributed by atoms with Gasteiger partial charge in [0.2, 0.25) is 0 Å². The summed E-state index contributed by atoms with van der Waals surface area (Å²) in [6, 6.07) is 7.86. The van der Waals surface area contributed by atoms with Crippen LogP contribution in [0.5, 0.6) is 0 Å². The van der Waals surface area contributed by atoms with Gasteiger partial charge in [-0.1, -0.05) is 24.8 Å². The quantitative estimate of drug-likeness (QED) is 0.703. The summed E-state index contributed by atoms with van der Waals surface area (Å²) in [5.74, 6) is 0. The van der Waals surface area contributed by atoms with E-state index < -0.39 is 0 Å². The lowest BCUT2D eigenvalue weighted by atomic mass is 10.0. The van der Waals surface area contributed by atoms with E-state index in [2.05, 4.69) is 18.9 Å². The molecule has 1 heterocycles. The Labute approximate surface area is 90.0 Å². The molecule has 2 N–H and O–H groups in total. The van der Waals surface area contributed by atoms with Gasteiger partial charge in [0.15, 0.2) is 0 Å². The highest BCUT2D eigenvalue weighted by Gasteiger charge is 2.05. The molecule has 1 aliphatic rings. The fourth-order valence-electron chi connectivity index (χ4n) is 1.48. The fourth-order valence-corrected chi connectivity index (χ4v) is 1.48. The average Bonchev–Trinajstić information content (AvgIpc) is 2.23. The topological polar surface area (TPSA) is 29.3 Å². The Hall–Kier alpha value is -1.96. The van der Waals surface area contributed by atoms with E-state index in [9.17, 15) is 0 Å². The van der Waals surface area contributed by atoms with E-state index in [4.69, 9.17) is 5.73 Å². The molecule has 0 bridgehead atoms. The first-order valence-corrected chi connectivity index (χ1v) is 4.84. The Morgan fingerprint density at radius 3 is 2.40 bits per heavy atom. The summed E-state index contributed by atoms with van der Waals surface area (Å²) < 4.78 is 0. The maximum atomic E-state index is 5.64. The Bertz CT molecular complexity index is 438. The van der Waals surface area contributed by atoms with Crippen LogP contribution < -0.4 is 5.73 Å². The minimum absolute atomic E-state index is 0.789. The molecule has 15 heavy (non-hydrogen) atoms. The number of rotatable bonds is 1. The van der Waals surface area contributed by atoms with Crippen LogP contribution in [0.15, 0.2) is 54.9 Å². The van der Waals surface area contributed by atoms with Crippen molar-refractivity contribution in [2.45, 2.75) is 0 Å². The summed E-state index contributed by atoms with van der Waals surface area (Å²) >= 11 is 0. The van der Waals surface area contributed by atoms with E-state index in [1.165, 1.54) is 11.1 Å². The van der Waals surface area contributed by atoms with Gasteiger partial charge in [-0.15, -0.1) is 0 Å². The van der Waals surface area contributed by atoms with Crippen LogP contribution in [0, 0.1) is 0 Å². The van der Waals surface area contributed by atoms with Crippen molar-refractivity contribution >= 4 is 11.3 Å². The van der Waals surface area contributed by atoms with Gasteiger partial charge in [-0.3, -0.25) is 0 Å². The summed E-state index contributed by atoms with van der Waals surface area (Å²) in [7, 11) is 1.99. The number of anilines is 1. The molecule has 76 valence electrons. The van der Waals surface area contributed by atoms with Crippen molar-refractivity contribution in [1.29, 1.82) is 0 Å². The Morgan fingerprint density at radius 2 is 1.80 bits per heavy atom. The Morgan fingerprint density at radius 1 is 1.13 bits per heavy atom. The van der Waals surface area contributed by atoms with Gasteiger partial charge in [-0.2, -0.15) is 0 Å². The predicted molar refractivity (Wildman–Crippen MR) is 64.9 cm³/mol. The van der Waals surface area contributed by atoms with Crippen LogP contribution >= 0.6 is 0 Å². The van der Waals surface area contributed by atoms with Gasteiger partial charge in [0.1, 0.15) is 0 Å². The van der Waals surface area contributed by atoms with Crippen molar-refractivity contribution in [1.82, 2.24) is 4.90 Å². The minimum atomic E-state index is 0.789. The highest BCUT2D eigenvalue weighted by atomic mass is 15.1. The lowest BCUT2D eigenvalue weighted by molar-refractivity contribution is 0.589. The number of nitrogen functional groups attached to an aromatic ring is 1. The smallest absolute Gasteiger partial charge is 0.0330 e. The number of nitrogens with zero attached hydrogens (tertiary/aromatic N) is 1. The number of hydrogen-bond donors (Lipinski definition) is 1. The summed E-state index contributed by atoms with van der Waals surface area (Å²) in [6.07, 6.45) is 6.13. The molecule has 0 aliphatic carbocycles. The first-order chi connectivity index (χ1) is 7.16. The molecule has 0 radical (unpaired) electrons. The minimum Gasteiger partial charge on any atom is -0.399 e. The molecule has 0 atom stereocenters. The summed E-state index contributed by atoms with van der Waals surface area (Å²) in [4.78, 5) is 2.01. The molecule has 2 rings (SSSR count). The zero-order chi connectivity index (χ0) is 10.8. The summed E-state index contributed by atoms with van der Waals surface area (Å²) in [5.41, 5.74) is 9.76. The van der Waals surface area contributed by atoms with Crippen LogP contribution in [0.1, 0.15) is 5.56 Å². The molecular formula is C13H14N2. The van der Waals surface area contributed by atoms with Gasteiger partial charge in [0, 0.05) is 24.6 Å². The average molecular weight is 198 g/mol. The second kappa shape index (κ2) is 3.65. The highest BCUT2D eigenvalue weighted by Crippen LogP contribution is 2.23. The number of benzene rings is 1. The third-order valence-corrected chi connectivity index (χ3v) is 2.49. The second-order valence-corrected chi connectivity index (χ2v) is 3.64. The van der Waals surface area contributed by atoms with Crippen LogP contribution in [0.3, 0.4) is 0 Å². The molecule has 0 fully saturated rings. The second-order valence-electron chi connectivity index (χ2n) is 3.64. The van der Waals surface area contributed by atoms with Crippen LogP contribution in [0.4, 0.5) is 5.69 Å². The number of hydrogen-bond acceptors (Lipinski definition) is 2. The lowest BCUT2D eigenvalue weighted by Gasteiger charge is -2.20. The van der Waals surface area contributed by atoms with Crippen LogP contribution in [-0.4, -0.2) is 11.9 Å². The van der Waals surface area contributed by atoms with Crippen molar-refractivity contribution in [2.24, 2.45) is 0 Å². The van der Waals surface area contributed by atoms with E-state index in [-0.39, 0.29) is 0 Å². The molecule has 1 aromatic rings. The van der Waals surface area contributed by atoms with Crippen molar-refractivity contribution in [3.63, 3.8) is 0 Å². The van der Waals surface area contributed by atoms with Crippen molar-refractivity contribution in [2.75, 3.05) is 12.8 Å². The largest absolute Gasteiger partial charge is 0.399 e. The molecular weight excluding hydrogens is 184 g/mol. The maximum absolute atomic E-state index is 5.64. The van der Waals surface area contributed by atoms with Gasteiger partial charge in [-0.05, 0) is 29.3 Å². The maximum Gasteiger partial charge on any atom is 0.0330 e. The van der Waals surface area contributed by atoms with E-state index in [0.29, 0.717) is 0 Å². The van der Waals surface area contributed by atoms with Crippen molar-refractivity contribution in [3.05, 3.63) is 60.5 Å². The fraction of sp³-hybridized carbons (Fsp3) is 0.0769. The Balaban J connectivity index is 2.33. The van der Waals surface area contributed by atoms with Crippen LogP contribution in [0.2, 0.25) is 0 Å². The molecule has 0 saturated carbocycles. The Kier molecular flexibility index (Phi) is 2.34. The summed E-state index contributed by atoms with van der Waals surface area (Å²) in [6.45, 7) is 3.91. The lowest BCUT2D eigenvalue weighted by Crippen LogP contribution is -2.10. The van der Waals surface area contributed by atoms with Gasteiger partial charge >= 0.3 is 0 Å². The van der Waals surface area contributed by atoms with E-state index in [1.54, 1.807) is 0 Å². The SMILES string of the molecule is C=C1C=CC(c2ccc(N)cc2)=CN1C. The molecule has 1 aliphatic heterocycles. The van der Waals surface area contributed by atoms with Crippen molar-refractivity contribution < 1.29 is 0 Å². The highest BCUT2D eigenvalue weighted by molar-refractivity contribution is 5.76. The van der Waals surface area contributed by atoms with E-state index in [1.807, 2.05) is 42.3 Å². The van der Waals surface area contributed by atoms with Gasteiger partial charge in [-0.25, -0.2) is 0 Å². The first kappa shape index (κ1) is 9.59. The molecule has 0 amide bonds. The molecule has 0 unspecified atom stereocenters. The normalized spacial score (nSPS) is 15.4. The molecule has 0 saturated heterocycles. The molecule has 0 spiro atoms. The van der Waals surface area contributed by atoms with Gasteiger partial charge < -0.3 is 10.6 Å².